The van der Waals surface area contributed by atoms with Gasteiger partial charge in [0.2, 0.25) is 5.91 Å². The van der Waals surface area contributed by atoms with E-state index in [0.29, 0.717) is 37.3 Å². The summed E-state index contributed by atoms with van der Waals surface area (Å²) >= 11 is 0. The van der Waals surface area contributed by atoms with Crippen molar-refractivity contribution in [1.29, 1.82) is 0 Å². The molecule has 0 N–H and O–H groups in total. The van der Waals surface area contributed by atoms with Gasteiger partial charge < -0.3 is 14.4 Å². The van der Waals surface area contributed by atoms with Crippen LogP contribution < -0.4 is 4.90 Å². The van der Waals surface area contributed by atoms with Crippen molar-refractivity contribution in [1.82, 2.24) is 0 Å². The maximum atomic E-state index is 12.9. The van der Waals surface area contributed by atoms with Crippen molar-refractivity contribution in [3.63, 3.8) is 0 Å². The molecule has 0 radical (unpaired) electrons. The fourth-order valence-corrected chi connectivity index (χ4v) is 5.08. The molecule has 1 aromatic rings. The molecule has 1 aromatic carbocycles. The van der Waals surface area contributed by atoms with Crippen molar-refractivity contribution in [2.24, 2.45) is 4.36 Å². The van der Waals surface area contributed by atoms with Crippen molar-refractivity contribution >= 4 is 27.2 Å². The Bertz CT molecular complexity index is 818. The van der Waals surface area contributed by atoms with Crippen LogP contribution in [0.25, 0.3) is 0 Å². The standard InChI is InChI=1S/C18H22N2O5S/c1-3-16(21)20(2)15-6-4-14(5-7-15)17(22)19-26(23)12-8-18(9-13-26)24-10-11-25-18/h3-7H,1,8-13H2,2H3. The number of carbonyl (C=O) groups excluding carboxylic acids is 2. The Morgan fingerprint density at radius 2 is 1.77 bits per heavy atom. The van der Waals surface area contributed by atoms with Crippen LogP contribution in [0.3, 0.4) is 0 Å². The number of rotatable bonds is 3. The second-order valence-corrected chi connectivity index (χ2v) is 8.88. The third-order valence-corrected chi connectivity index (χ3v) is 6.86. The molecule has 2 fully saturated rings. The lowest BCUT2D eigenvalue weighted by atomic mass is 10.1. The van der Waals surface area contributed by atoms with Crippen molar-refractivity contribution in [3.8, 4) is 0 Å². The molecule has 26 heavy (non-hydrogen) atoms. The molecule has 0 aliphatic carbocycles. The zero-order valence-corrected chi connectivity index (χ0v) is 15.5. The summed E-state index contributed by atoms with van der Waals surface area (Å²) in [6.45, 7) is 4.54. The summed E-state index contributed by atoms with van der Waals surface area (Å²) in [6.07, 6.45) is 2.18. The first-order valence-corrected chi connectivity index (χ1v) is 10.3. The zero-order valence-electron chi connectivity index (χ0n) is 14.7. The summed E-state index contributed by atoms with van der Waals surface area (Å²) in [5.41, 5.74) is 0.968. The van der Waals surface area contributed by atoms with Gasteiger partial charge in [0.15, 0.2) is 5.79 Å². The van der Waals surface area contributed by atoms with Crippen LogP contribution >= 0.6 is 0 Å². The number of benzene rings is 1. The number of hydrogen-bond acceptors (Lipinski definition) is 5. The average molecular weight is 378 g/mol. The highest BCUT2D eigenvalue weighted by molar-refractivity contribution is 7.93. The highest BCUT2D eigenvalue weighted by Gasteiger charge is 2.41. The van der Waals surface area contributed by atoms with Crippen LogP contribution in [-0.2, 0) is 24.0 Å². The topological polar surface area (TPSA) is 85.3 Å². The Balaban J connectivity index is 1.71. The van der Waals surface area contributed by atoms with Gasteiger partial charge in [-0.05, 0) is 30.3 Å². The van der Waals surface area contributed by atoms with E-state index in [9.17, 15) is 13.8 Å². The van der Waals surface area contributed by atoms with Gasteiger partial charge in [-0.15, -0.1) is 0 Å². The first-order valence-electron chi connectivity index (χ1n) is 8.41. The number of anilines is 1. The molecule has 1 spiro atoms. The van der Waals surface area contributed by atoms with Gasteiger partial charge in [-0.25, -0.2) is 4.21 Å². The van der Waals surface area contributed by atoms with Crippen LogP contribution in [0.5, 0.6) is 0 Å². The number of ether oxygens (including phenoxy) is 2. The predicted molar refractivity (Wildman–Crippen MR) is 98.6 cm³/mol. The lowest BCUT2D eigenvalue weighted by molar-refractivity contribution is -0.161. The van der Waals surface area contributed by atoms with Crippen LogP contribution in [0.15, 0.2) is 41.3 Å². The number of carbonyl (C=O) groups is 2. The van der Waals surface area contributed by atoms with Gasteiger partial charge >= 0.3 is 0 Å². The number of hydrogen-bond donors (Lipinski definition) is 0. The maximum Gasteiger partial charge on any atom is 0.285 e. The quantitative estimate of drug-likeness (QED) is 0.751. The van der Waals surface area contributed by atoms with E-state index in [-0.39, 0.29) is 17.4 Å². The van der Waals surface area contributed by atoms with E-state index in [1.165, 1.54) is 11.0 Å². The molecule has 0 atom stereocenters. The predicted octanol–water partition coefficient (Wildman–Crippen LogP) is 1.98. The monoisotopic (exact) mass is 378 g/mol. The fraction of sp³-hybridized carbons (Fsp3) is 0.444. The zero-order chi connectivity index (χ0) is 18.8. The molecule has 3 rings (SSSR count). The number of likely N-dealkylation sites (N-methyl/N-ethyl adjacent to an activating group) is 1. The molecule has 7 nitrogen and oxygen atoms in total. The molecule has 0 aromatic heterocycles. The number of nitrogens with zero attached hydrogens (tertiary/aromatic N) is 2. The molecule has 0 bridgehead atoms. The molecule has 2 saturated heterocycles. The highest BCUT2D eigenvalue weighted by Crippen LogP contribution is 2.33. The minimum atomic E-state index is -2.61. The molecule has 0 unspecified atom stereocenters. The molecule has 2 aliphatic heterocycles. The van der Waals surface area contributed by atoms with E-state index in [2.05, 4.69) is 10.9 Å². The molecule has 2 aliphatic rings. The Morgan fingerprint density at radius 1 is 1.19 bits per heavy atom. The summed E-state index contributed by atoms with van der Waals surface area (Å²) in [7, 11) is -0.989. The summed E-state index contributed by atoms with van der Waals surface area (Å²) in [4.78, 5) is 25.4. The third-order valence-electron chi connectivity index (χ3n) is 4.67. The van der Waals surface area contributed by atoms with Crippen LogP contribution in [0.2, 0.25) is 0 Å². The van der Waals surface area contributed by atoms with Gasteiger partial charge in [0.25, 0.3) is 5.91 Å². The van der Waals surface area contributed by atoms with Gasteiger partial charge in [0, 0.05) is 42.6 Å². The van der Waals surface area contributed by atoms with Gasteiger partial charge in [0.1, 0.15) is 0 Å². The first-order chi connectivity index (χ1) is 12.4. The van der Waals surface area contributed by atoms with Crippen molar-refractivity contribution in [2.75, 3.05) is 36.7 Å². The van der Waals surface area contributed by atoms with E-state index in [4.69, 9.17) is 9.47 Å². The highest BCUT2D eigenvalue weighted by atomic mass is 32.2. The van der Waals surface area contributed by atoms with Gasteiger partial charge in [-0.1, -0.05) is 6.58 Å². The lowest BCUT2D eigenvalue weighted by Crippen LogP contribution is -2.40. The summed E-state index contributed by atoms with van der Waals surface area (Å²) in [5.74, 6) is -0.822. The third kappa shape index (κ3) is 3.87. The van der Waals surface area contributed by atoms with Crippen molar-refractivity contribution < 1.29 is 23.3 Å². The van der Waals surface area contributed by atoms with E-state index < -0.39 is 21.4 Å². The molecular weight excluding hydrogens is 356 g/mol. The van der Waals surface area contributed by atoms with Gasteiger partial charge in [-0.2, -0.15) is 4.36 Å². The second-order valence-electron chi connectivity index (χ2n) is 6.33. The van der Waals surface area contributed by atoms with E-state index in [0.717, 1.165) is 0 Å². The van der Waals surface area contributed by atoms with Gasteiger partial charge in [0.05, 0.1) is 22.9 Å². The van der Waals surface area contributed by atoms with Crippen LogP contribution in [-0.4, -0.2) is 53.6 Å². The summed E-state index contributed by atoms with van der Waals surface area (Å²) in [6, 6.07) is 6.44. The van der Waals surface area contributed by atoms with Crippen LogP contribution in [0.1, 0.15) is 23.2 Å². The lowest BCUT2D eigenvalue weighted by Gasteiger charge is -2.32. The fourth-order valence-electron chi connectivity index (χ4n) is 3.03. The smallest absolute Gasteiger partial charge is 0.285 e. The van der Waals surface area contributed by atoms with E-state index in [1.54, 1.807) is 31.3 Å². The largest absolute Gasteiger partial charge is 0.347 e. The Morgan fingerprint density at radius 3 is 2.31 bits per heavy atom. The Hall–Kier alpha value is -2.03. The van der Waals surface area contributed by atoms with E-state index in [1.807, 2.05) is 0 Å². The average Bonchev–Trinajstić information content (AvgIpc) is 3.12. The minimum absolute atomic E-state index is 0.246. The Kier molecular flexibility index (Phi) is 5.27. The van der Waals surface area contributed by atoms with Crippen LogP contribution in [0.4, 0.5) is 5.69 Å². The number of amides is 2. The molecule has 2 amide bonds. The maximum absolute atomic E-state index is 12.9. The second kappa shape index (κ2) is 7.30. The van der Waals surface area contributed by atoms with Crippen molar-refractivity contribution in [3.05, 3.63) is 42.5 Å². The summed E-state index contributed by atoms with van der Waals surface area (Å²) < 4.78 is 28.1. The Labute approximate surface area is 153 Å². The molecule has 8 heteroatoms. The van der Waals surface area contributed by atoms with Gasteiger partial charge in [-0.3, -0.25) is 9.59 Å². The first kappa shape index (κ1) is 18.8. The minimum Gasteiger partial charge on any atom is -0.347 e. The van der Waals surface area contributed by atoms with Crippen LogP contribution in [0, 0.1) is 0 Å². The SMILES string of the molecule is C=CC(=O)N(C)c1ccc(C(=O)N=S2(=O)CCC3(CC2)OCCO3)cc1. The molecule has 2 heterocycles. The molecule has 0 saturated carbocycles. The van der Waals surface area contributed by atoms with E-state index >= 15 is 0 Å². The molecule has 140 valence electrons. The summed E-state index contributed by atoms with van der Waals surface area (Å²) in [5, 5.41) is 0. The molecular formula is C18H22N2O5S. The normalized spacial score (nSPS) is 20.5. The van der Waals surface area contributed by atoms with Crippen molar-refractivity contribution in [2.45, 2.75) is 18.6 Å².